The van der Waals surface area contributed by atoms with E-state index in [9.17, 15) is 4.79 Å². The number of hydrogen-bond donors (Lipinski definition) is 1. The van der Waals surface area contributed by atoms with Gasteiger partial charge in [-0.05, 0) is 42.6 Å². The number of carbonyl (C=O) groups excluding carboxylic acids is 1. The number of aromatic nitrogens is 2. The molecule has 0 spiro atoms. The molecule has 0 bridgehead atoms. The van der Waals surface area contributed by atoms with E-state index in [4.69, 9.17) is 28.9 Å². The van der Waals surface area contributed by atoms with Gasteiger partial charge in [-0.1, -0.05) is 29.3 Å². The first-order valence-electron chi connectivity index (χ1n) is 6.97. The fraction of sp³-hybridized carbons (Fsp3) is 0.0588. The first-order chi connectivity index (χ1) is 11.0. The molecular formula is C17H11Cl2N3O. The molecule has 0 saturated carbocycles. The summed E-state index contributed by atoms with van der Waals surface area (Å²) >= 11 is 12.3. The first-order valence-corrected chi connectivity index (χ1v) is 7.72. The topological polar surface area (TPSA) is 60.4 Å². The van der Waals surface area contributed by atoms with Crippen LogP contribution in [0.25, 0.3) is 27.2 Å². The molecule has 114 valence electrons. The Morgan fingerprint density at radius 3 is 2.39 bits per heavy atom. The highest BCUT2D eigenvalue weighted by molar-refractivity contribution is 6.33. The molecule has 0 aliphatic carbocycles. The third-order valence-corrected chi connectivity index (χ3v) is 4.54. The number of nitrogens with zero attached hydrogens (tertiary/aromatic N) is 2. The van der Waals surface area contributed by atoms with Gasteiger partial charge in [0, 0.05) is 26.4 Å². The fourth-order valence-electron chi connectivity index (χ4n) is 3.07. The molecule has 0 fully saturated rings. The van der Waals surface area contributed by atoms with Crippen molar-refractivity contribution in [3.8, 4) is 0 Å². The van der Waals surface area contributed by atoms with Crippen LogP contribution >= 0.6 is 23.2 Å². The van der Waals surface area contributed by atoms with Gasteiger partial charge in [-0.2, -0.15) is 5.10 Å². The zero-order valence-electron chi connectivity index (χ0n) is 12.1. The van der Waals surface area contributed by atoms with Gasteiger partial charge in [0.2, 0.25) is 0 Å². The third kappa shape index (κ3) is 1.99. The van der Waals surface area contributed by atoms with Crippen LogP contribution in [0.4, 0.5) is 0 Å². The predicted molar refractivity (Wildman–Crippen MR) is 93.5 cm³/mol. The number of nitrogens with two attached hydrogens (primary N) is 1. The van der Waals surface area contributed by atoms with E-state index in [0.29, 0.717) is 10.0 Å². The Morgan fingerprint density at radius 1 is 1.04 bits per heavy atom. The second kappa shape index (κ2) is 4.85. The Hall–Kier alpha value is -2.30. The summed E-state index contributed by atoms with van der Waals surface area (Å²) in [6.07, 6.45) is 0. The van der Waals surface area contributed by atoms with E-state index in [1.165, 1.54) is 0 Å². The van der Waals surface area contributed by atoms with Crippen LogP contribution in [0.5, 0.6) is 0 Å². The summed E-state index contributed by atoms with van der Waals surface area (Å²) < 4.78 is 1.75. The van der Waals surface area contributed by atoms with Crippen molar-refractivity contribution in [1.29, 1.82) is 0 Å². The minimum Gasteiger partial charge on any atom is -0.364 e. The van der Waals surface area contributed by atoms with E-state index in [2.05, 4.69) is 5.10 Å². The largest absolute Gasteiger partial charge is 0.364 e. The Morgan fingerprint density at radius 2 is 1.70 bits per heavy atom. The van der Waals surface area contributed by atoms with Gasteiger partial charge in [0.1, 0.15) is 0 Å². The summed E-state index contributed by atoms with van der Waals surface area (Å²) in [7, 11) is 0. The average Bonchev–Trinajstić information content (AvgIpc) is 2.85. The number of rotatable bonds is 1. The molecule has 1 amide bonds. The van der Waals surface area contributed by atoms with E-state index in [-0.39, 0.29) is 5.69 Å². The highest BCUT2D eigenvalue weighted by Gasteiger charge is 2.18. The van der Waals surface area contributed by atoms with Crippen molar-refractivity contribution >= 4 is 56.3 Å². The van der Waals surface area contributed by atoms with Crippen LogP contribution in [0.1, 0.15) is 16.1 Å². The molecule has 6 heteroatoms. The number of aryl methyl sites for hydroxylation is 1. The Balaban J connectivity index is 2.37. The van der Waals surface area contributed by atoms with Crippen molar-refractivity contribution < 1.29 is 4.79 Å². The summed E-state index contributed by atoms with van der Waals surface area (Å²) in [6, 6.07) is 11.2. The molecule has 0 saturated heterocycles. The normalized spacial score (nSPS) is 11.6. The quantitative estimate of drug-likeness (QED) is 0.522. The monoisotopic (exact) mass is 343 g/mol. The van der Waals surface area contributed by atoms with Gasteiger partial charge in [-0.3, -0.25) is 4.79 Å². The molecule has 2 heterocycles. The molecule has 0 unspecified atom stereocenters. The number of hydrogen-bond acceptors (Lipinski definition) is 2. The van der Waals surface area contributed by atoms with Crippen molar-refractivity contribution in [3.05, 3.63) is 57.7 Å². The number of primary amides is 1. The van der Waals surface area contributed by atoms with E-state index < -0.39 is 5.91 Å². The number of fused-ring (bicyclic) bond motifs is 6. The second-order valence-electron chi connectivity index (χ2n) is 5.45. The SMILES string of the molecule is Cc1c(C(N)=O)nn2c3ccc(Cl)cc3c3cc(Cl)ccc3c12. The molecule has 0 atom stereocenters. The standard InChI is InChI=1S/C17H11Cl2N3O/c1-8-15(17(20)23)21-22-14-5-3-10(19)7-13(14)12-6-9(18)2-4-11(12)16(8)22/h2-7H,1H3,(H2,20,23). The van der Waals surface area contributed by atoms with Crippen molar-refractivity contribution in [2.24, 2.45) is 5.73 Å². The molecule has 2 aromatic carbocycles. The number of pyridine rings is 1. The van der Waals surface area contributed by atoms with Crippen LogP contribution in [-0.2, 0) is 0 Å². The lowest BCUT2D eigenvalue weighted by Gasteiger charge is -2.09. The van der Waals surface area contributed by atoms with Gasteiger partial charge in [-0.15, -0.1) is 0 Å². The number of carbonyl (C=O) groups is 1. The predicted octanol–water partition coefficient (Wildman–Crippen LogP) is 4.35. The van der Waals surface area contributed by atoms with Crippen molar-refractivity contribution in [2.45, 2.75) is 6.92 Å². The lowest BCUT2D eigenvalue weighted by atomic mass is 10.0. The lowest BCUT2D eigenvalue weighted by molar-refractivity contribution is 0.0995. The van der Waals surface area contributed by atoms with Gasteiger partial charge >= 0.3 is 0 Å². The van der Waals surface area contributed by atoms with Crippen LogP contribution in [0.3, 0.4) is 0 Å². The Bertz CT molecular complexity index is 1130. The molecule has 0 aliphatic heterocycles. The van der Waals surface area contributed by atoms with Crippen LogP contribution in [-0.4, -0.2) is 15.5 Å². The molecule has 0 aliphatic rings. The van der Waals surface area contributed by atoms with E-state index in [1.54, 1.807) is 10.6 Å². The van der Waals surface area contributed by atoms with Gasteiger partial charge in [0.15, 0.2) is 5.69 Å². The summed E-state index contributed by atoms with van der Waals surface area (Å²) in [4.78, 5) is 11.7. The van der Waals surface area contributed by atoms with Crippen LogP contribution in [0.2, 0.25) is 10.0 Å². The molecule has 4 aromatic rings. The van der Waals surface area contributed by atoms with Gasteiger partial charge < -0.3 is 5.73 Å². The summed E-state index contributed by atoms with van der Waals surface area (Å²) in [5, 5.41) is 8.49. The minimum atomic E-state index is -0.546. The molecule has 0 radical (unpaired) electrons. The van der Waals surface area contributed by atoms with Crippen molar-refractivity contribution in [3.63, 3.8) is 0 Å². The van der Waals surface area contributed by atoms with Crippen molar-refractivity contribution in [2.75, 3.05) is 0 Å². The van der Waals surface area contributed by atoms with E-state index in [0.717, 1.165) is 32.8 Å². The molecular weight excluding hydrogens is 333 g/mol. The van der Waals surface area contributed by atoms with Crippen LogP contribution in [0, 0.1) is 6.92 Å². The molecule has 4 nitrogen and oxygen atoms in total. The Kier molecular flexibility index (Phi) is 3.01. The number of halogens is 2. The number of amides is 1. The van der Waals surface area contributed by atoms with E-state index >= 15 is 0 Å². The maximum Gasteiger partial charge on any atom is 0.269 e. The van der Waals surface area contributed by atoms with E-state index in [1.807, 2.05) is 37.3 Å². The van der Waals surface area contributed by atoms with Crippen molar-refractivity contribution in [1.82, 2.24) is 9.61 Å². The zero-order valence-corrected chi connectivity index (χ0v) is 13.6. The summed E-state index contributed by atoms with van der Waals surface area (Å²) in [5.74, 6) is -0.546. The highest BCUT2D eigenvalue weighted by atomic mass is 35.5. The maximum absolute atomic E-state index is 11.7. The second-order valence-corrected chi connectivity index (χ2v) is 6.32. The minimum absolute atomic E-state index is 0.267. The lowest BCUT2D eigenvalue weighted by Crippen LogP contribution is -2.13. The number of benzene rings is 2. The highest BCUT2D eigenvalue weighted by Crippen LogP contribution is 2.34. The average molecular weight is 344 g/mol. The summed E-state index contributed by atoms with van der Waals surface area (Å²) in [6.45, 7) is 1.85. The Labute approximate surface area is 141 Å². The molecule has 4 rings (SSSR count). The van der Waals surface area contributed by atoms with Crippen LogP contribution < -0.4 is 5.73 Å². The fourth-order valence-corrected chi connectivity index (χ4v) is 3.42. The van der Waals surface area contributed by atoms with Crippen LogP contribution in [0.15, 0.2) is 36.4 Å². The third-order valence-electron chi connectivity index (χ3n) is 4.07. The molecule has 2 aromatic heterocycles. The molecule has 2 N–H and O–H groups in total. The first kappa shape index (κ1) is 14.3. The van der Waals surface area contributed by atoms with Gasteiger partial charge in [-0.25, -0.2) is 4.52 Å². The smallest absolute Gasteiger partial charge is 0.269 e. The summed E-state index contributed by atoms with van der Waals surface area (Å²) in [5.41, 5.74) is 8.17. The maximum atomic E-state index is 11.7. The molecule has 23 heavy (non-hydrogen) atoms. The zero-order chi connectivity index (χ0) is 16.3. The van der Waals surface area contributed by atoms with Gasteiger partial charge in [0.25, 0.3) is 5.91 Å². The van der Waals surface area contributed by atoms with Gasteiger partial charge in [0.05, 0.1) is 11.0 Å².